The molecule has 4 rings (SSSR count). The molecular formula is C15H15FN2O3S2. The monoisotopic (exact) mass is 354 g/mol. The maximum Gasteiger partial charge on any atom is 0.251 e. The van der Waals surface area contributed by atoms with Gasteiger partial charge in [-0.05, 0) is 25.0 Å². The number of amidine groups is 1. The van der Waals surface area contributed by atoms with Crippen LogP contribution in [0.15, 0.2) is 29.3 Å². The Morgan fingerprint density at radius 1 is 1.26 bits per heavy atom. The zero-order valence-electron chi connectivity index (χ0n) is 12.2. The summed E-state index contributed by atoms with van der Waals surface area (Å²) in [5.74, 6) is -0.629. The minimum atomic E-state index is -3.14. The van der Waals surface area contributed by atoms with Gasteiger partial charge in [0.1, 0.15) is 5.82 Å². The van der Waals surface area contributed by atoms with Gasteiger partial charge in [0, 0.05) is 11.2 Å². The van der Waals surface area contributed by atoms with Crippen molar-refractivity contribution in [2.75, 3.05) is 16.4 Å². The van der Waals surface area contributed by atoms with Crippen molar-refractivity contribution in [3.05, 3.63) is 30.1 Å². The fraction of sp³-hybridized carbons (Fsp3) is 0.467. The highest BCUT2D eigenvalue weighted by Crippen LogP contribution is 2.42. The molecule has 1 amide bonds. The van der Waals surface area contributed by atoms with Gasteiger partial charge in [-0.1, -0.05) is 23.9 Å². The van der Waals surface area contributed by atoms with E-state index >= 15 is 0 Å². The van der Waals surface area contributed by atoms with E-state index in [1.54, 1.807) is 23.1 Å². The summed E-state index contributed by atoms with van der Waals surface area (Å²) in [6.07, 6.45) is 1.70. The molecule has 2 heterocycles. The Morgan fingerprint density at radius 3 is 2.70 bits per heavy atom. The Balaban J connectivity index is 1.75. The number of para-hydroxylation sites is 1. The molecule has 0 unspecified atom stereocenters. The van der Waals surface area contributed by atoms with E-state index in [9.17, 15) is 17.6 Å². The third-order valence-corrected chi connectivity index (χ3v) is 7.52. The SMILES string of the molecule is O=C(N=C1S[C@H]2CS(=O)(=O)C[C@H]2N1c1ccccc1F)C1CC1. The molecule has 0 aromatic heterocycles. The molecule has 1 saturated carbocycles. The van der Waals surface area contributed by atoms with E-state index in [-0.39, 0.29) is 40.3 Å². The predicted molar refractivity (Wildman–Crippen MR) is 87.9 cm³/mol. The van der Waals surface area contributed by atoms with Crippen LogP contribution in [0.5, 0.6) is 0 Å². The van der Waals surface area contributed by atoms with Gasteiger partial charge in [0.2, 0.25) is 0 Å². The number of fused-ring (bicyclic) bond motifs is 1. The molecule has 8 heteroatoms. The number of hydrogen-bond donors (Lipinski definition) is 0. The molecular weight excluding hydrogens is 339 g/mol. The standard InChI is InChI=1S/C15H15FN2O3S2/c16-10-3-1-2-4-11(10)18-12-7-23(20,21)8-13(12)22-15(18)17-14(19)9-5-6-9/h1-4,9,12-13H,5-8H2/t12-,13+/m1/s1. The average molecular weight is 354 g/mol. The molecule has 0 N–H and O–H groups in total. The maximum atomic E-state index is 14.2. The Morgan fingerprint density at radius 2 is 2.00 bits per heavy atom. The molecule has 3 aliphatic rings. The normalized spacial score (nSPS) is 30.7. The number of hydrogen-bond acceptors (Lipinski definition) is 4. The first-order chi connectivity index (χ1) is 10.9. The number of sulfone groups is 1. The molecule has 23 heavy (non-hydrogen) atoms. The fourth-order valence-corrected chi connectivity index (χ4v) is 6.92. The summed E-state index contributed by atoms with van der Waals surface area (Å²) in [5, 5.41) is 0.224. The number of halogens is 1. The van der Waals surface area contributed by atoms with Crippen LogP contribution >= 0.6 is 11.8 Å². The lowest BCUT2D eigenvalue weighted by Crippen LogP contribution is -2.38. The smallest absolute Gasteiger partial charge is 0.251 e. The zero-order chi connectivity index (χ0) is 16.2. The summed E-state index contributed by atoms with van der Waals surface area (Å²) in [7, 11) is -3.14. The van der Waals surface area contributed by atoms with Crippen LogP contribution in [-0.4, -0.2) is 42.3 Å². The van der Waals surface area contributed by atoms with Gasteiger partial charge in [0.05, 0.1) is 23.2 Å². The number of aliphatic imine (C=N–C) groups is 1. The van der Waals surface area contributed by atoms with Crippen LogP contribution in [0.25, 0.3) is 0 Å². The van der Waals surface area contributed by atoms with Gasteiger partial charge in [-0.25, -0.2) is 12.8 Å². The summed E-state index contributed by atoms with van der Waals surface area (Å²) >= 11 is 1.28. The predicted octanol–water partition coefficient (Wildman–Crippen LogP) is 1.84. The van der Waals surface area contributed by atoms with Crippen molar-refractivity contribution in [1.82, 2.24) is 0 Å². The van der Waals surface area contributed by atoms with Gasteiger partial charge in [0.15, 0.2) is 15.0 Å². The highest BCUT2D eigenvalue weighted by Gasteiger charge is 2.50. The number of nitrogens with zero attached hydrogens (tertiary/aromatic N) is 2. The quantitative estimate of drug-likeness (QED) is 0.811. The van der Waals surface area contributed by atoms with Crippen molar-refractivity contribution in [3.63, 3.8) is 0 Å². The minimum absolute atomic E-state index is 0.0188. The van der Waals surface area contributed by atoms with Crippen LogP contribution < -0.4 is 4.90 Å². The van der Waals surface area contributed by atoms with Crippen molar-refractivity contribution in [2.24, 2.45) is 10.9 Å². The Hall–Kier alpha value is -1.41. The maximum absolute atomic E-state index is 14.2. The number of benzene rings is 1. The van der Waals surface area contributed by atoms with Crippen LogP contribution in [0.3, 0.4) is 0 Å². The number of carbonyl (C=O) groups is 1. The third kappa shape index (κ3) is 2.78. The van der Waals surface area contributed by atoms with Crippen molar-refractivity contribution in [1.29, 1.82) is 0 Å². The minimum Gasteiger partial charge on any atom is -0.313 e. The number of anilines is 1. The molecule has 2 saturated heterocycles. The summed E-state index contributed by atoms with van der Waals surface area (Å²) in [5.41, 5.74) is 0.284. The molecule has 0 bridgehead atoms. The van der Waals surface area contributed by atoms with Crippen LogP contribution in [0.2, 0.25) is 0 Å². The van der Waals surface area contributed by atoms with Gasteiger partial charge in [-0.2, -0.15) is 4.99 Å². The topological polar surface area (TPSA) is 66.8 Å². The number of rotatable bonds is 2. The summed E-state index contributed by atoms with van der Waals surface area (Å²) in [6.45, 7) is 0. The lowest BCUT2D eigenvalue weighted by Gasteiger charge is -2.24. The highest BCUT2D eigenvalue weighted by atomic mass is 32.2. The van der Waals surface area contributed by atoms with Gasteiger partial charge in [-0.15, -0.1) is 0 Å². The number of amides is 1. The first-order valence-electron chi connectivity index (χ1n) is 7.48. The van der Waals surface area contributed by atoms with Gasteiger partial charge >= 0.3 is 0 Å². The van der Waals surface area contributed by atoms with E-state index in [0.717, 1.165) is 12.8 Å². The molecule has 3 fully saturated rings. The second-order valence-electron chi connectivity index (χ2n) is 6.13. The van der Waals surface area contributed by atoms with E-state index in [1.165, 1.54) is 17.8 Å². The Kier molecular flexibility index (Phi) is 3.49. The number of thioether (sulfide) groups is 1. The van der Waals surface area contributed by atoms with Gasteiger partial charge in [-0.3, -0.25) is 4.79 Å². The van der Waals surface area contributed by atoms with E-state index in [2.05, 4.69) is 4.99 Å². The first-order valence-corrected chi connectivity index (χ1v) is 10.2. The highest BCUT2D eigenvalue weighted by molar-refractivity contribution is 8.16. The first kappa shape index (κ1) is 15.1. The fourth-order valence-electron chi connectivity index (χ4n) is 3.01. The summed E-state index contributed by atoms with van der Waals surface area (Å²) in [6, 6.07) is 5.84. The average Bonchev–Trinajstić information content (AvgIpc) is 3.22. The Labute approximate surface area is 137 Å². The third-order valence-electron chi connectivity index (χ3n) is 4.31. The van der Waals surface area contributed by atoms with Crippen molar-refractivity contribution < 1.29 is 17.6 Å². The summed E-state index contributed by atoms with van der Waals surface area (Å²) in [4.78, 5) is 17.8. The van der Waals surface area contributed by atoms with E-state index in [0.29, 0.717) is 5.17 Å². The molecule has 1 aromatic rings. The molecule has 122 valence electrons. The molecule has 2 atom stereocenters. The lowest BCUT2D eigenvalue weighted by molar-refractivity contribution is -0.118. The van der Waals surface area contributed by atoms with Crippen molar-refractivity contribution in [3.8, 4) is 0 Å². The summed E-state index contributed by atoms with van der Waals surface area (Å²) < 4.78 is 38.1. The van der Waals surface area contributed by atoms with Crippen LogP contribution in [0.4, 0.5) is 10.1 Å². The molecule has 0 spiro atoms. The molecule has 2 aliphatic heterocycles. The second-order valence-corrected chi connectivity index (χ2v) is 9.49. The van der Waals surface area contributed by atoms with Crippen molar-refractivity contribution in [2.45, 2.75) is 24.1 Å². The second kappa shape index (κ2) is 5.31. The zero-order valence-corrected chi connectivity index (χ0v) is 13.8. The van der Waals surface area contributed by atoms with Gasteiger partial charge in [0.25, 0.3) is 5.91 Å². The van der Waals surface area contributed by atoms with E-state index in [4.69, 9.17) is 0 Å². The van der Waals surface area contributed by atoms with Crippen molar-refractivity contribution >= 4 is 38.4 Å². The molecule has 1 aromatic carbocycles. The largest absolute Gasteiger partial charge is 0.313 e. The lowest BCUT2D eigenvalue weighted by atomic mass is 10.2. The van der Waals surface area contributed by atoms with E-state index in [1.807, 2.05) is 0 Å². The van der Waals surface area contributed by atoms with Crippen LogP contribution in [-0.2, 0) is 14.6 Å². The molecule has 1 aliphatic carbocycles. The molecule has 0 radical (unpaired) electrons. The van der Waals surface area contributed by atoms with E-state index < -0.39 is 15.7 Å². The van der Waals surface area contributed by atoms with Crippen LogP contribution in [0.1, 0.15) is 12.8 Å². The van der Waals surface area contributed by atoms with Gasteiger partial charge < -0.3 is 4.90 Å². The molecule has 5 nitrogen and oxygen atoms in total. The Bertz CT molecular complexity index is 805. The van der Waals surface area contributed by atoms with Crippen LogP contribution in [0, 0.1) is 11.7 Å². The number of carbonyl (C=O) groups excluding carboxylic acids is 1.